The first kappa shape index (κ1) is 15.6. The molecule has 0 saturated carbocycles. The highest BCUT2D eigenvalue weighted by Crippen LogP contribution is 2.28. The first-order chi connectivity index (χ1) is 11.0. The van der Waals surface area contributed by atoms with E-state index >= 15 is 0 Å². The van der Waals surface area contributed by atoms with Crippen molar-refractivity contribution in [3.8, 4) is 11.7 Å². The van der Waals surface area contributed by atoms with Gasteiger partial charge in [-0.1, -0.05) is 23.9 Å². The molecule has 0 aliphatic rings. The Morgan fingerprint density at radius 1 is 1.17 bits per heavy atom. The van der Waals surface area contributed by atoms with Crippen LogP contribution in [0.1, 0.15) is 28.4 Å². The van der Waals surface area contributed by atoms with Gasteiger partial charge >= 0.3 is 0 Å². The predicted octanol–water partition coefficient (Wildman–Crippen LogP) is 4.31. The number of thioether (sulfide) groups is 1. The summed E-state index contributed by atoms with van der Waals surface area (Å²) >= 11 is 1.24. The number of aromatic nitrogens is 2. The number of ketones is 1. The van der Waals surface area contributed by atoms with Crippen molar-refractivity contribution < 1.29 is 13.6 Å². The molecule has 0 aliphatic carbocycles. The Balaban J connectivity index is 1.72. The van der Waals surface area contributed by atoms with E-state index in [1.165, 1.54) is 23.6 Å². The van der Waals surface area contributed by atoms with Crippen molar-refractivity contribution in [1.29, 1.82) is 0 Å². The van der Waals surface area contributed by atoms with Crippen molar-refractivity contribution in [2.75, 3.05) is 0 Å². The van der Waals surface area contributed by atoms with Crippen LogP contribution in [0, 0.1) is 13.8 Å². The zero-order valence-electron chi connectivity index (χ0n) is 13.1. The average Bonchev–Trinajstić information content (AvgIpc) is 3.20. The SMILES string of the molecule is Cc1ccc(C(=O)[C@@H](C)Sc2nnc(-c3ccco3)o2)cc1C. The van der Waals surface area contributed by atoms with Crippen molar-refractivity contribution in [1.82, 2.24) is 10.2 Å². The number of carbonyl (C=O) groups excluding carboxylic acids is 1. The zero-order valence-corrected chi connectivity index (χ0v) is 13.9. The lowest BCUT2D eigenvalue weighted by molar-refractivity contribution is 0.0993. The summed E-state index contributed by atoms with van der Waals surface area (Å²) in [4.78, 5) is 12.5. The van der Waals surface area contributed by atoms with E-state index in [1.807, 2.05) is 39.0 Å². The number of rotatable bonds is 5. The number of furan rings is 1. The van der Waals surface area contributed by atoms with Gasteiger partial charge in [0.15, 0.2) is 11.5 Å². The highest BCUT2D eigenvalue weighted by Gasteiger charge is 2.21. The van der Waals surface area contributed by atoms with E-state index < -0.39 is 0 Å². The van der Waals surface area contributed by atoms with E-state index in [0.717, 1.165) is 5.56 Å². The van der Waals surface area contributed by atoms with Crippen LogP contribution in [0.2, 0.25) is 0 Å². The third-order valence-corrected chi connectivity index (χ3v) is 4.51. The van der Waals surface area contributed by atoms with E-state index in [4.69, 9.17) is 8.83 Å². The van der Waals surface area contributed by atoms with Gasteiger partial charge in [0, 0.05) is 5.56 Å². The van der Waals surface area contributed by atoms with Gasteiger partial charge in [-0.05, 0) is 50.1 Å². The number of hydrogen-bond acceptors (Lipinski definition) is 6. The van der Waals surface area contributed by atoms with Crippen LogP contribution in [0.4, 0.5) is 0 Å². The Morgan fingerprint density at radius 3 is 2.70 bits per heavy atom. The number of hydrogen-bond donors (Lipinski definition) is 0. The minimum atomic E-state index is -0.318. The molecule has 0 N–H and O–H groups in total. The molecule has 3 aromatic rings. The van der Waals surface area contributed by atoms with Crippen LogP contribution in [-0.2, 0) is 0 Å². The quantitative estimate of drug-likeness (QED) is 0.513. The lowest BCUT2D eigenvalue weighted by Crippen LogP contribution is -2.13. The normalized spacial score (nSPS) is 12.3. The van der Waals surface area contributed by atoms with E-state index in [-0.39, 0.29) is 11.0 Å². The zero-order chi connectivity index (χ0) is 16.4. The molecular formula is C17H16N2O3S. The molecule has 0 fully saturated rings. The molecule has 118 valence electrons. The predicted molar refractivity (Wildman–Crippen MR) is 87.6 cm³/mol. The monoisotopic (exact) mass is 328 g/mol. The minimum Gasteiger partial charge on any atom is -0.459 e. The Morgan fingerprint density at radius 2 is 2.00 bits per heavy atom. The van der Waals surface area contributed by atoms with Crippen LogP contribution in [0.3, 0.4) is 0 Å². The van der Waals surface area contributed by atoms with Crippen LogP contribution in [0.15, 0.2) is 50.7 Å². The fourth-order valence-electron chi connectivity index (χ4n) is 2.09. The van der Waals surface area contributed by atoms with Gasteiger partial charge in [0.25, 0.3) is 11.1 Å². The lowest BCUT2D eigenvalue weighted by Gasteiger charge is -2.09. The first-order valence-corrected chi connectivity index (χ1v) is 8.08. The molecule has 3 rings (SSSR count). The van der Waals surface area contributed by atoms with Crippen molar-refractivity contribution >= 4 is 17.5 Å². The molecule has 0 radical (unpaired) electrons. The van der Waals surface area contributed by atoms with Crippen LogP contribution < -0.4 is 0 Å². The molecule has 0 amide bonds. The largest absolute Gasteiger partial charge is 0.459 e. The molecule has 1 aromatic carbocycles. The summed E-state index contributed by atoms with van der Waals surface area (Å²) in [6, 6.07) is 9.21. The van der Waals surface area contributed by atoms with Crippen LogP contribution in [-0.4, -0.2) is 21.2 Å². The summed E-state index contributed by atoms with van der Waals surface area (Å²) in [5.41, 5.74) is 2.96. The van der Waals surface area contributed by atoms with Gasteiger partial charge in [-0.15, -0.1) is 10.2 Å². The maximum absolute atomic E-state index is 12.5. The summed E-state index contributed by atoms with van der Waals surface area (Å²) in [6.07, 6.45) is 1.54. The van der Waals surface area contributed by atoms with Gasteiger partial charge in [-0.25, -0.2) is 0 Å². The maximum atomic E-state index is 12.5. The van der Waals surface area contributed by atoms with Gasteiger partial charge in [-0.3, -0.25) is 4.79 Å². The second kappa shape index (κ2) is 6.42. The van der Waals surface area contributed by atoms with E-state index in [0.29, 0.717) is 22.4 Å². The van der Waals surface area contributed by atoms with Crippen molar-refractivity contribution in [2.24, 2.45) is 0 Å². The smallest absolute Gasteiger partial charge is 0.284 e. The van der Waals surface area contributed by atoms with Gasteiger partial charge in [0.05, 0.1) is 11.5 Å². The molecule has 0 saturated heterocycles. The van der Waals surface area contributed by atoms with Crippen molar-refractivity contribution in [3.05, 3.63) is 53.3 Å². The number of benzene rings is 1. The maximum Gasteiger partial charge on any atom is 0.284 e. The number of aryl methyl sites for hydroxylation is 2. The number of nitrogens with zero attached hydrogens (tertiary/aromatic N) is 2. The molecule has 2 heterocycles. The van der Waals surface area contributed by atoms with Gasteiger partial charge < -0.3 is 8.83 Å². The third-order valence-electron chi connectivity index (χ3n) is 3.58. The Bertz CT molecular complexity index is 824. The van der Waals surface area contributed by atoms with Crippen LogP contribution >= 0.6 is 11.8 Å². The molecule has 0 bridgehead atoms. The van der Waals surface area contributed by atoms with E-state index in [9.17, 15) is 4.79 Å². The molecule has 0 aliphatic heterocycles. The molecule has 6 heteroatoms. The van der Waals surface area contributed by atoms with E-state index in [1.54, 1.807) is 12.1 Å². The average molecular weight is 328 g/mol. The van der Waals surface area contributed by atoms with Gasteiger partial charge in [0.1, 0.15) is 0 Å². The standard InChI is InChI=1S/C17H16N2O3S/c1-10-6-7-13(9-11(10)2)15(20)12(3)23-17-19-18-16(22-17)14-5-4-8-21-14/h4-9,12H,1-3H3/t12-/m1/s1. The molecule has 23 heavy (non-hydrogen) atoms. The minimum absolute atomic E-state index is 0.0378. The van der Waals surface area contributed by atoms with Gasteiger partial charge in [0.2, 0.25) is 0 Å². The second-order valence-corrected chi connectivity index (χ2v) is 6.57. The summed E-state index contributed by atoms with van der Waals surface area (Å²) in [6.45, 7) is 5.85. The molecule has 0 unspecified atom stereocenters. The molecule has 2 aromatic heterocycles. The Kier molecular flexibility index (Phi) is 4.34. The topological polar surface area (TPSA) is 69.1 Å². The highest BCUT2D eigenvalue weighted by atomic mass is 32.2. The number of Topliss-reactive ketones (excluding diaryl/α,β-unsaturated/α-hetero) is 1. The van der Waals surface area contributed by atoms with Crippen LogP contribution in [0.5, 0.6) is 0 Å². The first-order valence-electron chi connectivity index (χ1n) is 7.20. The third kappa shape index (κ3) is 3.37. The lowest BCUT2D eigenvalue weighted by atomic mass is 10.0. The summed E-state index contributed by atoms with van der Waals surface area (Å²) < 4.78 is 10.7. The summed E-state index contributed by atoms with van der Waals surface area (Å²) in [5.74, 6) is 0.858. The Hall–Kier alpha value is -2.34. The Labute approximate surface area is 138 Å². The molecular weight excluding hydrogens is 312 g/mol. The van der Waals surface area contributed by atoms with E-state index in [2.05, 4.69) is 10.2 Å². The van der Waals surface area contributed by atoms with Crippen molar-refractivity contribution in [3.63, 3.8) is 0 Å². The molecule has 1 atom stereocenters. The van der Waals surface area contributed by atoms with Gasteiger partial charge in [-0.2, -0.15) is 0 Å². The fraction of sp³-hybridized carbons (Fsp3) is 0.235. The van der Waals surface area contributed by atoms with Crippen LogP contribution in [0.25, 0.3) is 11.7 Å². The molecule has 5 nitrogen and oxygen atoms in total. The summed E-state index contributed by atoms with van der Waals surface area (Å²) in [5, 5.41) is 7.91. The number of carbonyl (C=O) groups is 1. The van der Waals surface area contributed by atoms with Crippen molar-refractivity contribution in [2.45, 2.75) is 31.2 Å². The molecule has 0 spiro atoms. The highest BCUT2D eigenvalue weighted by molar-refractivity contribution is 8.00. The summed E-state index contributed by atoms with van der Waals surface area (Å²) in [7, 11) is 0. The second-order valence-electron chi connectivity index (χ2n) is 5.27. The fourth-order valence-corrected chi connectivity index (χ4v) is 2.85.